The molecular formula is C16H9Br2N3O3. The van der Waals surface area contributed by atoms with Gasteiger partial charge in [-0.2, -0.15) is 5.26 Å². The van der Waals surface area contributed by atoms with Crippen LogP contribution in [0.15, 0.2) is 57.0 Å². The van der Waals surface area contributed by atoms with Crippen molar-refractivity contribution in [3.05, 3.63) is 72.7 Å². The zero-order valence-electron chi connectivity index (χ0n) is 12.0. The predicted molar refractivity (Wildman–Crippen MR) is 97.2 cm³/mol. The molecule has 0 saturated heterocycles. The molecule has 0 bridgehead atoms. The van der Waals surface area contributed by atoms with E-state index in [4.69, 9.17) is 0 Å². The summed E-state index contributed by atoms with van der Waals surface area (Å²) < 4.78 is 1.24. The minimum Gasteiger partial charge on any atom is -0.320 e. The Kier molecular flexibility index (Phi) is 5.84. The number of amides is 1. The summed E-state index contributed by atoms with van der Waals surface area (Å²) in [6.07, 6.45) is 1.46. The van der Waals surface area contributed by atoms with E-state index in [0.29, 0.717) is 15.7 Å². The summed E-state index contributed by atoms with van der Waals surface area (Å²) in [7, 11) is 0. The second-order valence-corrected chi connectivity index (χ2v) is 6.37. The van der Waals surface area contributed by atoms with Crippen molar-refractivity contribution in [3.63, 3.8) is 0 Å². The zero-order valence-corrected chi connectivity index (χ0v) is 15.2. The van der Waals surface area contributed by atoms with Gasteiger partial charge in [-0.05, 0) is 45.8 Å². The van der Waals surface area contributed by atoms with Crippen molar-refractivity contribution in [2.24, 2.45) is 0 Å². The minimum atomic E-state index is -0.602. The molecule has 0 aliphatic heterocycles. The van der Waals surface area contributed by atoms with Crippen LogP contribution in [0.25, 0.3) is 6.08 Å². The lowest BCUT2D eigenvalue weighted by Gasteiger charge is -2.06. The van der Waals surface area contributed by atoms with Crippen LogP contribution < -0.4 is 5.32 Å². The van der Waals surface area contributed by atoms with Crippen molar-refractivity contribution in [2.45, 2.75) is 0 Å². The predicted octanol–water partition coefficient (Wildman–Crippen LogP) is 4.67. The Morgan fingerprint density at radius 3 is 2.42 bits per heavy atom. The number of hydrogen-bond acceptors (Lipinski definition) is 4. The van der Waals surface area contributed by atoms with Crippen LogP contribution in [0.5, 0.6) is 0 Å². The van der Waals surface area contributed by atoms with Gasteiger partial charge in [-0.1, -0.05) is 28.1 Å². The fourth-order valence-electron chi connectivity index (χ4n) is 1.78. The van der Waals surface area contributed by atoms with Gasteiger partial charge >= 0.3 is 0 Å². The lowest BCUT2D eigenvalue weighted by molar-refractivity contribution is -0.384. The van der Waals surface area contributed by atoms with Crippen LogP contribution in [0.1, 0.15) is 5.56 Å². The number of carbonyl (C=O) groups is 1. The highest BCUT2D eigenvalue weighted by Gasteiger charge is 2.14. The van der Waals surface area contributed by atoms with E-state index in [0.717, 1.165) is 4.47 Å². The first-order chi connectivity index (χ1) is 11.4. The molecule has 0 heterocycles. The van der Waals surface area contributed by atoms with Crippen LogP contribution in [-0.2, 0) is 4.79 Å². The molecule has 2 aromatic rings. The Bertz CT molecular complexity index is 871. The van der Waals surface area contributed by atoms with E-state index < -0.39 is 10.8 Å². The molecule has 0 fully saturated rings. The largest absolute Gasteiger partial charge is 0.320 e. The third-order valence-electron chi connectivity index (χ3n) is 2.96. The maximum Gasteiger partial charge on any atom is 0.270 e. The van der Waals surface area contributed by atoms with Gasteiger partial charge in [-0.15, -0.1) is 0 Å². The summed E-state index contributed by atoms with van der Waals surface area (Å²) in [6.45, 7) is 0. The number of non-ortho nitro benzene ring substituents is 1. The molecule has 0 unspecified atom stereocenters. The first kappa shape index (κ1) is 17.8. The normalized spacial score (nSPS) is 10.8. The molecule has 0 saturated carbocycles. The molecule has 0 atom stereocenters. The first-order valence-corrected chi connectivity index (χ1v) is 8.12. The Labute approximate surface area is 154 Å². The Morgan fingerprint density at radius 1 is 1.21 bits per heavy atom. The van der Waals surface area contributed by atoms with Crippen LogP contribution >= 0.6 is 31.9 Å². The monoisotopic (exact) mass is 449 g/mol. The van der Waals surface area contributed by atoms with Crippen LogP contribution in [0, 0.1) is 21.4 Å². The summed E-state index contributed by atoms with van der Waals surface area (Å²) in [5.74, 6) is -0.602. The average molecular weight is 451 g/mol. The van der Waals surface area contributed by atoms with E-state index in [1.807, 2.05) is 6.07 Å². The number of hydrogen-bond donors (Lipinski definition) is 1. The second kappa shape index (κ2) is 7.86. The molecule has 1 amide bonds. The molecule has 24 heavy (non-hydrogen) atoms. The molecule has 0 spiro atoms. The highest BCUT2D eigenvalue weighted by Crippen LogP contribution is 2.27. The number of benzene rings is 2. The van der Waals surface area contributed by atoms with Crippen molar-refractivity contribution in [1.29, 1.82) is 5.26 Å². The molecule has 6 nitrogen and oxygen atoms in total. The van der Waals surface area contributed by atoms with Crippen LogP contribution in [0.2, 0.25) is 0 Å². The summed E-state index contributed by atoms with van der Waals surface area (Å²) in [4.78, 5) is 22.4. The van der Waals surface area contributed by atoms with Crippen molar-refractivity contribution in [3.8, 4) is 6.07 Å². The smallest absolute Gasteiger partial charge is 0.270 e. The van der Waals surface area contributed by atoms with Gasteiger partial charge in [0.25, 0.3) is 11.6 Å². The van der Waals surface area contributed by atoms with Gasteiger partial charge < -0.3 is 5.32 Å². The average Bonchev–Trinajstić information content (AvgIpc) is 2.55. The van der Waals surface area contributed by atoms with E-state index in [1.54, 1.807) is 24.3 Å². The lowest BCUT2D eigenvalue weighted by atomic mass is 10.1. The van der Waals surface area contributed by atoms with E-state index >= 15 is 0 Å². The van der Waals surface area contributed by atoms with Crippen LogP contribution in [0.3, 0.4) is 0 Å². The van der Waals surface area contributed by atoms with Gasteiger partial charge in [-0.3, -0.25) is 14.9 Å². The highest BCUT2D eigenvalue weighted by atomic mass is 79.9. The molecule has 0 aromatic heterocycles. The molecule has 0 aliphatic carbocycles. The summed E-state index contributed by atoms with van der Waals surface area (Å²) in [6, 6.07) is 12.9. The van der Waals surface area contributed by atoms with Crippen molar-refractivity contribution in [2.75, 3.05) is 5.32 Å². The Balaban J connectivity index is 2.22. The maximum atomic E-state index is 12.2. The standard InChI is InChI=1S/C16H9Br2N3O3/c17-12-3-1-10(2-4-12)7-11(9-19)16(22)20-15-6-5-13(21(23)24)8-14(15)18/h1-8H,(H,20,22)/b11-7-. The van der Waals surface area contributed by atoms with Crippen molar-refractivity contribution < 1.29 is 9.72 Å². The SMILES string of the molecule is N#C/C(=C/c1ccc(Br)cc1)C(=O)Nc1ccc([N+](=O)[O-])cc1Br. The lowest BCUT2D eigenvalue weighted by Crippen LogP contribution is -2.13. The highest BCUT2D eigenvalue weighted by molar-refractivity contribution is 9.10. The Hall–Kier alpha value is -2.50. The summed E-state index contributed by atoms with van der Waals surface area (Å²) in [5, 5.41) is 22.4. The fourth-order valence-corrected chi connectivity index (χ4v) is 2.51. The number of carbonyl (C=O) groups excluding carboxylic acids is 1. The summed E-state index contributed by atoms with van der Waals surface area (Å²) in [5.41, 5.74) is 0.851. The number of nitrogens with zero attached hydrogens (tertiary/aromatic N) is 2. The van der Waals surface area contributed by atoms with Gasteiger partial charge in [-0.25, -0.2) is 0 Å². The zero-order chi connectivity index (χ0) is 17.7. The van der Waals surface area contributed by atoms with Crippen LogP contribution in [-0.4, -0.2) is 10.8 Å². The van der Waals surface area contributed by atoms with Crippen LogP contribution in [0.4, 0.5) is 11.4 Å². The molecule has 8 heteroatoms. The van der Waals surface area contributed by atoms with E-state index in [-0.39, 0.29) is 11.3 Å². The van der Waals surface area contributed by atoms with Gasteiger partial charge in [0.2, 0.25) is 0 Å². The second-order valence-electron chi connectivity index (χ2n) is 4.60. The maximum absolute atomic E-state index is 12.2. The first-order valence-electron chi connectivity index (χ1n) is 6.53. The van der Waals surface area contributed by atoms with Gasteiger partial charge in [0.05, 0.1) is 10.6 Å². The number of anilines is 1. The van der Waals surface area contributed by atoms with E-state index in [2.05, 4.69) is 37.2 Å². The fraction of sp³-hybridized carbons (Fsp3) is 0. The summed E-state index contributed by atoms with van der Waals surface area (Å²) >= 11 is 6.47. The topological polar surface area (TPSA) is 96.0 Å². The molecule has 120 valence electrons. The number of nitro benzene ring substituents is 1. The molecular weight excluding hydrogens is 442 g/mol. The van der Waals surface area contributed by atoms with E-state index in [9.17, 15) is 20.2 Å². The quantitative estimate of drug-likeness (QED) is 0.317. The molecule has 0 aliphatic rings. The number of nitriles is 1. The van der Waals surface area contributed by atoms with Gasteiger partial charge in [0.1, 0.15) is 11.6 Å². The molecule has 1 N–H and O–H groups in total. The molecule has 2 rings (SSSR count). The third-order valence-corrected chi connectivity index (χ3v) is 4.14. The van der Waals surface area contributed by atoms with Crippen molar-refractivity contribution >= 4 is 55.2 Å². The molecule has 2 aromatic carbocycles. The number of nitrogens with one attached hydrogen (secondary N) is 1. The third kappa shape index (κ3) is 4.50. The minimum absolute atomic E-state index is 0.0809. The van der Waals surface area contributed by atoms with Gasteiger partial charge in [0, 0.05) is 21.1 Å². The number of rotatable bonds is 4. The Morgan fingerprint density at radius 2 is 1.88 bits per heavy atom. The molecule has 0 radical (unpaired) electrons. The number of halogens is 2. The number of nitro groups is 1. The van der Waals surface area contributed by atoms with E-state index in [1.165, 1.54) is 24.3 Å². The van der Waals surface area contributed by atoms with Crippen molar-refractivity contribution in [1.82, 2.24) is 0 Å². The van der Waals surface area contributed by atoms with Gasteiger partial charge in [0.15, 0.2) is 0 Å².